The minimum Gasteiger partial charge on any atom is -0.477 e. The van der Waals surface area contributed by atoms with Gasteiger partial charge in [-0.2, -0.15) is 0 Å². The number of rotatable bonds is 2. The molecule has 0 bridgehead atoms. The third-order valence-corrected chi connectivity index (χ3v) is 2.90. The Labute approximate surface area is 102 Å². The molecular weight excluding hydrogens is 230 g/mol. The lowest BCUT2D eigenvalue weighted by Gasteiger charge is -1.96. The third-order valence-electron chi connectivity index (χ3n) is 2.90. The normalized spacial score (nSPS) is 10.9. The van der Waals surface area contributed by atoms with Crippen LogP contribution in [0.5, 0.6) is 0 Å². The molecule has 90 valence electrons. The molecule has 3 aromatic rings. The van der Waals surface area contributed by atoms with Crippen molar-refractivity contribution < 1.29 is 9.90 Å². The highest BCUT2D eigenvalue weighted by Gasteiger charge is 2.12. The fourth-order valence-corrected chi connectivity index (χ4v) is 2.00. The maximum absolute atomic E-state index is 10.8. The number of aryl methyl sites for hydroxylation is 1. The van der Waals surface area contributed by atoms with Crippen molar-refractivity contribution in [2.75, 3.05) is 0 Å². The van der Waals surface area contributed by atoms with E-state index in [1.54, 1.807) is 0 Å². The van der Waals surface area contributed by atoms with Gasteiger partial charge in [0.1, 0.15) is 11.5 Å². The summed E-state index contributed by atoms with van der Waals surface area (Å²) in [6.45, 7) is 2.01. The van der Waals surface area contributed by atoms with Gasteiger partial charge in [-0.1, -0.05) is 11.6 Å². The van der Waals surface area contributed by atoms with Gasteiger partial charge < -0.3 is 15.1 Å². The zero-order valence-electron chi connectivity index (χ0n) is 9.69. The molecule has 0 aliphatic rings. The Hall–Kier alpha value is -2.56. The van der Waals surface area contributed by atoms with E-state index in [4.69, 9.17) is 5.11 Å². The number of carboxylic acid groups (broad SMARTS) is 1. The van der Waals surface area contributed by atoms with Crippen LogP contribution < -0.4 is 0 Å². The van der Waals surface area contributed by atoms with Crippen molar-refractivity contribution in [3.05, 3.63) is 41.9 Å². The number of carboxylic acids is 1. The summed E-state index contributed by atoms with van der Waals surface area (Å²) in [5, 5.41) is 9.90. The number of aromatic amines is 2. The molecule has 5 heteroatoms. The fourth-order valence-electron chi connectivity index (χ4n) is 2.00. The van der Waals surface area contributed by atoms with Gasteiger partial charge in [-0.15, -0.1) is 0 Å². The molecule has 2 heterocycles. The lowest BCUT2D eigenvalue weighted by Crippen LogP contribution is -1.95. The molecule has 0 atom stereocenters. The molecule has 2 aromatic heterocycles. The van der Waals surface area contributed by atoms with Gasteiger partial charge in [0.05, 0.1) is 6.20 Å². The van der Waals surface area contributed by atoms with Crippen LogP contribution in [0, 0.1) is 6.92 Å². The van der Waals surface area contributed by atoms with Crippen LogP contribution in [0.15, 0.2) is 30.6 Å². The predicted molar refractivity (Wildman–Crippen MR) is 67.6 cm³/mol. The van der Waals surface area contributed by atoms with E-state index in [0.717, 1.165) is 22.0 Å². The number of H-pyrrole nitrogens is 2. The van der Waals surface area contributed by atoms with Gasteiger partial charge in [-0.3, -0.25) is 0 Å². The summed E-state index contributed by atoms with van der Waals surface area (Å²) in [7, 11) is 0. The van der Waals surface area contributed by atoms with E-state index in [-0.39, 0.29) is 5.69 Å². The Morgan fingerprint density at radius 3 is 2.94 bits per heavy atom. The molecule has 0 unspecified atom stereocenters. The summed E-state index contributed by atoms with van der Waals surface area (Å²) < 4.78 is 0. The van der Waals surface area contributed by atoms with Crippen LogP contribution in [0.2, 0.25) is 0 Å². The van der Waals surface area contributed by atoms with Crippen LogP contribution in [0.25, 0.3) is 22.3 Å². The zero-order chi connectivity index (χ0) is 12.7. The number of hydrogen-bond acceptors (Lipinski definition) is 2. The molecule has 0 saturated heterocycles. The highest BCUT2D eigenvalue weighted by atomic mass is 16.4. The number of carbonyl (C=O) groups is 1. The Kier molecular flexibility index (Phi) is 2.19. The third kappa shape index (κ3) is 1.57. The van der Waals surface area contributed by atoms with Gasteiger partial charge in [-0.05, 0) is 19.1 Å². The summed E-state index contributed by atoms with van der Waals surface area (Å²) in [6.07, 6.45) is 3.15. The molecule has 3 N–H and O–H groups in total. The van der Waals surface area contributed by atoms with Gasteiger partial charge in [0.2, 0.25) is 0 Å². The van der Waals surface area contributed by atoms with Gasteiger partial charge in [0.25, 0.3) is 0 Å². The van der Waals surface area contributed by atoms with E-state index in [2.05, 4.69) is 15.0 Å². The lowest BCUT2D eigenvalue weighted by atomic mass is 10.1. The van der Waals surface area contributed by atoms with E-state index >= 15 is 0 Å². The van der Waals surface area contributed by atoms with E-state index in [0.29, 0.717) is 5.82 Å². The average molecular weight is 241 g/mol. The minimum atomic E-state index is -1.01. The van der Waals surface area contributed by atoms with Crippen molar-refractivity contribution in [1.82, 2.24) is 15.0 Å². The summed E-state index contributed by atoms with van der Waals surface area (Å²) >= 11 is 0. The van der Waals surface area contributed by atoms with Gasteiger partial charge in [0, 0.05) is 22.7 Å². The van der Waals surface area contributed by atoms with Crippen molar-refractivity contribution in [1.29, 1.82) is 0 Å². The second-order valence-electron chi connectivity index (χ2n) is 4.20. The van der Waals surface area contributed by atoms with Crippen LogP contribution in [-0.2, 0) is 0 Å². The summed E-state index contributed by atoms with van der Waals surface area (Å²) in [4.78, 5) is 20.9. The summed E-state index contributed by atoms with van der Waals surface area (Å²) in [6, 6.07) is 6.06. The predicted octanol–water partition coefficient (Wildman–Crippen LogP) is 2.56. The number of fused-ring (bicyclic) bond motifs is 1. The van der Waals surface area contributed by atoms with E-state index in [1.807, 2.05) is 31.3 Å². The Bertz CT molecular complexity index is 740. The average Bonchev–Trinajstić information content (AvgIpc) is 2.93. The molecule has 0 amide bonds. The van der Waals surface area contributed by atoms with Crippen molar-refractivity contribution in [3.8, 4) is 11.4 Å². The molecule has 0 saturated carbocycles. The van der Waals surface area contributed by atoms with Crippen LogP contribution in [0.3, 0.4) is 0 Å². The summed E-state index contributed by atoms with van der Waals surface area (Å²) in [5.74, 6) is -0.450. The first-order valence-electron chi connectivity index (χ1n) is 5.51. The minimum absolute atomic E-state index is 0.0898. The number of aromatic carboxylic acids is 1. The standard InChI is InChI=1S/C13H11N3O2/c1-7-2-3-10-8(4-7)9(5-14-10)12-15-6-11(16-12)13(17)18/h2-6,14H,1H3,(H,15,16)(H,17,18). The number of nitrogens with one attached hydrogen (secondary N) is 2. The quantitative estimate of drug-likeness (QED) is 0.644. The number of hydrogen-bond donors (Lipinski definition) is 3. The second-order valence-corrected chi connectivity index (χ2v) is 4.20. The maximum atomic E-state index is 10.8. The van der Waals surface area contributed by atoms with E-state index in [9.17, 15) is 4.79 Å². The Morgan fingerprint density at radius 1 is 1.39 bits per heavy atom. The molecule has 1 aromatic carbocycles. The molecule has 5 nitrogen and oxygen atoms in total. The highest BCUT2D eigenvalue weighted by Crippen LogP contribution is 2.27. The highest BCUT2D eigenvalue weighted by molar-refractivity contribution is 5.95. The first kappa shape index (κ1) is 10.6. The van der Waals surface area contributed by atoms with Crippen molar-refractivity contribution in [3.63, 3.8) is 0 Å². The van der Waals surface area contributed by atoms with Crippen LogP contribution in [0.4, 0.5) is 0 Å². The van der Waals surface area contributed by atoms with Crippen LogP contribution >= 0.6 is 0 Å². The van der Waals surface area contributed by atoms with Crippen molar-refractivity contribution in [2.45, 2.75) is 6.92 Å². The van der Waals surface area contributed by atoms with Gasteiger partial charge in [0.15, 0.2) is 0 Å². The molecule has 3 rings (SSSR count). The molecule has 0 aliphatic heterocycles. The van der Waals surface area contributed by atoms with Crippen molar-refractivity contribution in [2.24, 2.45) is 0 Å². The maximum Gasteiger partial charge on any atom is 0.353 e. The van der Waals surface area contributed by atoms with Crippen LogP contribution in [-0.4, -0.2) is 26.0 Å². The molecule has 0 spiro atoms. The fraction of sp³-hybridized carbons (Fsp3) is 0.0769. The number of nitrogens with zero attached hydrogens (tertiary/aromatic N) is 1. The first-order chi connectivity index (χ1) is 8.65. The number of aromatic nitrogens is 3. The van der Waals surface area contributed by atoms with Gasteiger partial charge in [-0.25, -0.2) is 9.78 Å². The zero-order valence-corrected chi connectivity index (χ0v) is 9.69. The topological polar surface area (TPSA) is 81.8 Å². The molecule has 18 heavy (non-hydrogen) atoms. The second kappa shape index (κ2) is 3.73. The first-order valence-corrected chi connectivity index (χ1v) is 5.51. The van der Waals surface area contributed by atoms with Gasteiger partial charge >= 0.3 is 5.97 Å². The lowest BCUT2D eigenvalue weighted by molar-refractivity contribution is 0.0691. The number of benzene rings is 1. The Balaban J connectivity index is 2.18. The molecule has 0 aliphatic carbocycles. The molecule has 0 fully saturated rings. The smallest absolute Gasteiger partial charge is 0.353 e. The Morgan fingerprint density at radius 2 is 2.22 bits per heavy atom. The monoisotopic (exact) mass is 241 g/mol. The van der Waals surface area contributed by atoms with Crippen LogP contribution in [0.1, 0.15) is 16.1 Å². The van der Waals surface area contributed by atoms with Crippen molar-refractivity contribution >= 4 is 16.9 Å². The molecular formula is C13H11N3O2. The van der Waals surface area contributed by atoms with E-state index < -0.39 is 5.97 Å². The largest absolute Gasteiger partial charge is 0.477 e. The summed E-state index contributed by atoms with van der Waals surface area (Å²) in [5.41, 5.74) is 3.12. The number of imidazole rings is 1. The molecule has 0 radical (unpaired) electrons. The SMILES string of the molecule is Cc1ccc2[nH]cc(-c3ncc(C(=O)O)[nH]3)c2c1. The van der Waals surface area contributed by atoms with E-state index in [1.165, 1.54) is 6.20 Å².